The smallest absolute Gasteiger partial charge is 0.132 e. The Hall–Kier alpha value is -1.31. The third kappa shape index (κ3) is 4.47. The van der Waals surface area contributed by atoms with Crippen LogP contribution in [-0.2, 0) is 0 Å². The normalized spacial score (nSPS) is 10.2. The van der Waals surface area contributed by atoms with Crippen molar-refractivity contribution in [2.24, 2.45) is 0 Å². The molecule has 1 N–H and O–H groups in total. The molecule has 1 rings (SSSR count). The fourth-order valence-electron chi connectivity index (χ4n) is 1.26. The monoisotopic (exact) mass is 238 g/mol. The Morgan fingerprint density at radius 2 is 2.25 bits per heavy atom. The molecule has 0 bridgehead atoms. The lowest BCUT2D eigenvalue weighted by Crippen LogP contribution is -2.16. The summed E-state index contributed by atoms with van der Waals surface area (Å²) in [6, 6.07) is 5.29. The Labute approximate surface area is 101 Å². The number of anilines is 1. The number of nitriles is 1. The van der Waals surface area contributed by atoms with Gasteiger partial charge in [-0.15, -0.1) is 0 Å². The van der Waals surface area contributed by atoms with Crippen LogP contribution in [0.25, 0.3) is 0 Å². The lowest BCUT2D eigenvalue weighted by molar-refractivity contribution is 0.405. The van der Waals surface area contributed by atoms with E-state index >= 15 is 0 Å². The van der Waals surface area contributed by atoms with E-state index in [9.17, 15) is 0 Å². The predicted molar refractivity (Wildman–Crippen MR) is 65.6 cm³/mol. The van der Waals surface area contributed by atoms with Gasteiger partial charge in [0.05, 0.1) is 11.6 Å². The van der Waals surface area contributed by atoms with Gasteiger partial charge in [0.15, 0.2) is 0 Å². The first-order valence-electron chi connectivity index (χ1n) is 5.08. The molecule has 0 aliphatic rings. The van der Waals surface area contributed by atoms with Gasteiger partial charge in [-0.1, -0.05) is 11.6 Å². The highest BCUT2D eigenvalue weighted by molar-refractivity contribution is 6.29. The maximum absolute atomic E-state index is 8.76. The third-order valence-electron chi connectivity index (χ3n) is 2.01. The van der Waals surface area contributed by atoms with Crippen molar-refractivity contribution < 1.29 is 0 Å². The van der Waals surface area contributed by atoms with Gasteiger partial charge in [-0.05, 0) is 39.2 Å². The van der Waals surface area contributed by atoms with Crippen molar-refractivity contribution >= 4 is 17.4 Å². The van der Waals surface area contributed by atoms with Crippen molar-refractivity contribution in [3.63, 3.8) is 0 Å². The fraction of sp³-hybridized carbons (Fsp3) is 0.455. The van der Waals surface area contributed by atoms with Gasteiger partial charge in [-0.3, -0.25) is 0 Å². The summed E-state index contributed by atoms with van der Waals surface area (Å²) < 4.78 is 0. The number of aromatic nitrogens is 1. The minimum absolute atomic E-state index is 0.342. The van der Waals surface area contributed by atoms with Gasteiger partial charge in [0.25, 0.3) is 0 Å². The Balaban J connectivity index is 2.48. The first kappa shape index (κ1) is 12.8. The van der Waals surface area contributed by atoms with Crippen molar-refractivity contribution in [2.75, 3.05) is 32.5 Å². The van der Waals surface area contributed by atoms with Crippen molar-refractivity contribution in [3.05, 3.63) is 22.8 Å². The lowest BCUT2D eigenvalue weighted by atomic mass is 10.3. The SMILES string of the molecule is CN(C)CCCNc1cc(C#N)cc(Cl)n1. The highest BCUT2D eigenvalue weighted by Crippen LogP contribution is 2.13. The van der Waals surface area contributed by atoms with Crippen LogP contribution in [-0.4, -0.2) is 37.1 Å². The number of nitrogens with one attached hydrogen (secondary N) is 1. The molecule has 0 unspecified atom stereocenters. The summed E-state index contributed by atoms with van der Waals surface area (Å²) in [6.45, 7) is 1.83. The Morgan fingerprint density at radius 1 is 1.50 bits per heavy atom. The van der Waals surface area contributed by atoms with E-state index in [1.165, 1.54) is 0 Å². The van der Waals surface area contributed by atoms with E-state index in [2.05, 4.69) is 15.2 Å². The van der Waals surface area contributed by atoms with Crippen LogP contribution in [0.15, 0.2) is 12.1 Å². The standard InChI is InChI=1S/C11H15ClN4/c1-16(2)5-3-4-14-11-7-9(8-13)6-10(12)15-11/h6-7H,3-5H2,1-2H3,(H,14,15). The zero-order valence-electron chi connectivity index (χ0n) is 9.50. The molecule has 0 aliphatic carbocycles. The summed E-state index contributed by atoms with van der Waals surface area (Å²) in [5.74, 6) is 0.655. The summed E-state index contributed by atoms with van der Waals surface area (Å²) in [4.78, 5) is 6.21. The quantitative estimate of drug-likeness (QED) is 0.630. The van der Waals surface area contributed by atoms with E-state index < -0.39 is 0 Å². The van der Waals surface area contributed by atoms with Crippen LogP contribution < -0.4 is 5.32 Å². The summed E-state index contributed by atoms with van der Waals surface area (Å²) in [5.41, 5.74) is 0.523. The van der Waals surface area contributed by atoms with Crippen molar-refractivity contribution in [1.29, 1.82) is 5.26 Å². The molecule has 0 radical (unpaired) electrons. The van der Waals surface area contributed by atoms with Gasteiger partial charge in [-0.25, -0.2) is 4.98 Å². The van der Waals surface area contributed by atoms with E-state index in [1.807, 2.05) is 20.2 Å². The van der Waals surface area contributed by atoms with E-state index in [4.69, 9.17) is 16.9 Å². The minimum atomic E-state index is 0.342. The van der Waals surface area contributed by atoms with E-state index in [-0.39, 0.29) is 0 Å². The number of hydrogen-bond donors (Lipinski definition) is 1. The summed E-state index contributed by atoms with van der Waals surface area (Å²) in [5, 5.41) is 12.2. The molecule has 86 valence electrons. The van der Waals surface area contributed by atoms with Crippen LogP contribution in [0.4, 0.5) is 5.82 Å². The highest BCUT2D eigenvalue weighted by Gasteiger charge is 2.00. The average Bonchev–Trinajstić information content (AvgIpc) is 2.23. The molecule has 0 amide bonds. The van der Waals surface area contributed by atoms with E-state index in [0.717, 1.165) is 19.5 Å². The fourth-order valence-corrected chi connectivity index (χ4v) is 1.47. The zero-order valence-corrected chi connectivity index (χ0v) is 10.3. The maximum Gasteiger partial charge on any atom is 0.132 e. The van der Waals surface area contributed by atoms with Crippen LogP contribution in [0, 0.1) is 11.3 Å². The van der Waals surface area contributed by atoms with Crippen molar-refractivity contribution in [1.82, 2.24) is 9.88 Å². The van der Waals surface area contributed by atoms with Crippen LogP contribution in [0.5, 0.6) is 0 Å². The summed E-state index contributed by atoms with van der Waals surface area (Å²) >= 11 is 5.78. The maximum atomic E-state index is 8.76. The van der Waals surface area contributed by atoms with Gasteiger partial charge in [0.1, 0.15) is 11.0 Å². The third-order valence-corrected chi connectivity index (χ3v) is 2.21. The topological polar surface area (TPSA) is 52.0 Å². The van der Waals surface area contributed by atoms with Crippen molar-refractivity contribution in [3.8, 4) is 6.07 Å². The molecule has 1 heterocycles. The average molecular weight is 239 g/mol. The molecule has 16 heavy (non-hydrogen) atoms. The van der Waals surface area contributed by atoms with Crippen LogP contribution in [0.3, 0.4) is 0 Å². The number of rotatable bonds is 5. The van der Waals surface area contributed by atoms with Crippen LogP contribution >= 0.6 is 11.6 Å². The van der Waals surface area contributed by atoms with Crippen LogP contribution in [0.1, 0.15) is 12.0 Å². The Morgan fingerprint density at radius 3 is 2.88 bits per heavy atom. The predicted octanol–water partition coefficient (Wildman–Crippen LogP) is 1.97. The van der Waals surface area contributed by atoms with Gasteiger partial charge >= 0.3 is 0 Å². The molecule has 0 saturated heterocycles. The molecule has 0 saturated carbocycles. The molecular formula is C11H15ClN4. The second-order valence-electron chi connectivity index (χ2n) is 3.76. The minimum Gasteiger partial charge on any atom is -0.370 e. The number of hydrogen-bond acceptors (Lipinski definition) is 4. The van der Waals surface area contributed by atoms with Gasteiger partial charge in [0.2, 0.25) is 0 Å². The molecule has 5 heteroatoms. The second kappa shape index (κ2) is 6.31. The molecule has 0 fully saturated rings. The molecule has 0 aliphatic heterocycles. The largest absolute Gasteiger partial charge is 0.370 e. The summed E-state index contributed by atoms with van der Waals surface area (Å²) in [6.07, 6.45) is 1.02. The number of pyridine rings is 1. The van der Waals surface area contributed by atoms with E-state index in [1.54, 1.807) is 12.1 Å². The Bertz CT molecular complexity index is 384. The zero-order chi connectivity index (χ0) is 12.0. The molecule has 4 nitrogen and oxygen atoms in total. The molecule has 1 aromatic rings. The van der Waals surface area contributed by atoms with E-state index in [0.29, 0.717) is 16.5 Å². The van der Waals surface area contributed by atoms with Gasteiger partial charge in [0, 0.05) is 6.54 Å². The van der Waals surface area contributed by atoms with Crippen LogP contribution in [0.2, 0.25) is 5.15 Å². The van der Waals surface area contributed by atoms with Gasteiger partial charge < -0.3 is 10.2 Å². The highest BCUT2D eigenvalue weighted by atomic mass is 35.5. The Kier molecular flexibility index (Phi) is 5.03. The van der Waals surface area contributed by atoms with Gasteiger partial charge in [-0.2, -0.15) is 5.26 Å². The molecule has 0 aromatic carbocycles. The molecule has 0 atom stereocenters. The number of halogens is 1. The first-order valence-corrected chi connectivity index (χ1v) is 5.46. The molecule has 1 aromatic heterocycles. The lowest BCUT2D eigenvalue weighted by Gasteiger charge is -2.10. The van der Waals surface area contributed by atoms with Crippen molar-refractivity contribution in [2.45, 2.75) is 6.42 Å². The molecule has 0 spiro atoms. The second-order valence-corrected chi connectivity index (χ2v) is 4.15. The summed E-state index contributed by atoms with van der Waals surface area (Å²) in [7, 11) is 4.07. The first-order chi connectivity index (χ1) is 7.61. The number of nitrogens with zero attached hydrogens (tertiary/aromatic N) is 3. The molecular weight excluding hydrogens is 224 g/mol.